The molecule has 0 bridgehead atoms. The van der Waals surface area contributed by atoms with Gasteiger partial charge in [-0.25, -0.2) is 0 Å². The van der Waals surface area contributed by atoms with E-state index in [9.17, 15) is 27.6 Å². The first-order valence-corrected chi connectivity index (χ1v) is 10.6. The van der Waals surface area contributed by atoms with Crippen LogP contribution in [-0.4, -0.2) is 50.6 Å². The van der Waals surface area contributed by atoms with E-state index >= 15 is 0 Å². The van der Waals surface area contributed by atoms with Crippen LogP contribution in [-0.2, 0) is 22.3 Å². The van der Waals surface area contributed by atoms with Crippen LogP contribution in [0.1, 0.15) is 16.7 Å². The average Bonchev–Trinajstić information content (AvgIpc) is 3.28. The Morgan fingerprint density at radius 3 is 2.65 bits per heavy atom. The third-order valence-corrected chi connectivity index (χ3v) is 5.98. The molecule has 12 heteroatoms. The molecule has 2 aromatic carbocycles. The van der Waals surface area contributed by atoms with Crippen molar-refractivity contribution in [1.29, 1.82) is 0 Å². The molecule has 0 saturated carbocycles. The maximum Gasteiger partial charge on any atom is 0.416 e. The van der Waals surface area contributed by atoms with Gasteiger partial charge in [0.1, 0.15) is 12.3 Å². The number of carbonyl (C=O) groups is 3. The van der Waals surface area contributed by atoms with Crippen molar-refractivity contribution in [2.45, 2.75) is 12.7 Å². The smallest absolute Gasteiger partial charge is 0.416 e. The Balaban J connectivity index is 1.62. The van der Waals surface area contributed by atoms with E-state index in [1.54, 1.807) is 18.2 Å². The van der Waals surface area contributed by atoms with E-state index in [0.717, 1.165) is 6.07 Å². The van der Waals surface area contributed by atoms with Crippen LogP contribution < -0.4 is 4.74 Å². The Kier molecular flexibility index (Phi) is 6.09. The number of nitrogens with zero attached hydrogens (tertiary/aromatic N) is 3. The molecular formula is C22H16F3N3O5S. The number of hydrogen-bond donors (Lipinski definition) is 1. The van der Waals surface area contributed by atoms with E-state index in [1.807, 2.05) is 0 Å². The Morgan fingerprint density at radius 1 is 1.21 bits per heavy atom. The number of aromatic nitrogens is 2. The maximum atomic E-state index is 13.5. The Labute approximate surface area is 194 Å². The second-order valence-corrected chi connectivity index (χ2v) is 8.30. The van der Waals surface area contributed by atoms with Crippen molar-refractivity contribution in [3.63, 3.8) is 0 Å². The molecular weight excluding hydrogens is 475 g/mol. The number of carbonyl (C=O) groups excluding carboxylic acids is 2. The molecule has 4 rings (SSSR count). The lowest BCUT2D eigenvalue weighted by Crippen LogP contribution is -2.33. The zero-order valence-electron chi connectivity index (χ0n) is 17.5. The van der Waals surface area contributed by atoms with Crippen molar-refractivity contribution in [2.75, 3.05) is 13.7 Å². The van der Waals surface area contributed by atoms with E-state index in [1.165, 1.54) is 36.2 Å². The zero-order valence-corrected chi connectivity index (χ0v) is 18.3. The molecule has 1 fully saturated rings. The molecule has 1 aliphatic rings. The van der Waals surface area contributed by atoms with E-state index in [0.29, 0.717) is 33.1 Å². The lowest BCUT2D eigenvalue weighted by molar-refractivity contribution is -0.140. The van der Waals surface area contributed by atoms with Gasteiger partial charge in [0.15, 0.2) is 0 Å². The highest BCUT2D eigenvalue weighted by atomic mass is 32.2. The predicted octanol–water partition coefficient (Wildman–Crippen LogP) is 4.23. The number of alkyl halides is 3. The Hall–Kier alpha value is -3.80. The standard InChI is InChI=1S/C22H16F3N3O5S/c1-33-15-4-3-13(16(8-15)22(23,24)25)10-28-17-5-2-12(6-14(17)9-26-28)7-18-20(31)27(11-19(29)30)21(32)34-18/h2-9H,10-11H2,1H3,(H,29,30). The fourth-order valence-electron chi connectivity index (χ4n) is 3.49. The maximum absolute atomic E-state index is 13.5. The van der Waals surface area contributed by atoms with Crippen molar-refractivity contribution in [3.05, 3.63) is 64.2 Å². The first-order valence-electron chi connectivity index (χ1n) is 9.73. The minimum Gasteiger partial charge on any atom is -0.497 e. The van der Waals surface area contributed by atoms with Gasteiger partial charge in [-0.05, 0) is 53.2 Å². The number of amides is 2. The molecule has 1 saturated heterocycles. The number of halogens is 3. The summed E-state index contributed by atoms with van der Waals surface area (Å²) in [5.74, 6) is -1.91. The minimum atomic E-state index is -4.57. The van der Waals surface area contributed by atoms with Gasteiger partial charge in [0.2, 0.25) is 0 Å². The molecule has 2 heterocycles. The number of hydrogen-bond acceptors (Lipinski definition) is 6. The predicted molar refractivity (Wildman–Crippen MR) is 117 cm³/mol. The monoisotopic (exact) mass is 491 g/mol. The highest BCUT2D eigenvalue weighted by Crippen LogP contribution is 2.35. The van der Waals surface area contributed by atoms with Crippen molar-refractivity contribution >= 4 is 45.9 Å². The quantitative estimate of drug-likeness (QED) is 0.515. The highest BCUT2D eigenvalue weighted by Gasteiger charge is 2.36. The number of carboxylic acids is 1. The van der Waals surface area contributed by atoms with Crippen molar-refractivity contribution in [1.82, 2.24) is 14.7 Å². The molecule has 2 amide bonds. The largest absolute Gasteiger partial charge is 0.497 e. The second-order valence-electron chi connectivity index (χ2n) is 7.30. The summed E-state index contributed by atoms with van der Waals surface area (Å²) in [5.41, 5.74) is 0.326. The number of rotatable bonds is 6. The molecule has 34 heavy (non-hydrogen) atoms. The summed E-state index contributed by atoms with van der Waals surface area (Å²) >= 11 is 0.635. The molecule has 1 aromatic heterocycles. The summed E-state index contributed by atoms with van der Waals surface area (Å²) < 4.78 is 46.9. The first-order chi connectivity index (χ1) is 16.1. The summed E-state index contributed by atoms with van der Waals surface area (Å²) in [6, 6.07) is 8.68. The van der Waals surface area contributed by atoms with Crippen LogP contribution in [0.15, 0.2) is 47.5 Å². The molecule has 3 aromatic rings. The van der Waals surface area contributed by atoms with Crippen LogP contribution in [0.25, 0.3) is 17.0 Å². The van der Waals surface area contributed by atoms with Crippen molar-refractivity contribution < 1.29 is 37.4 Å². The van der Waals surface area contributed by atoms with Crippen LogP contribution in [0.5, 0.6) is 5.75 Å². The van der Waals surface area contributed by atoms with Gasteiger partial charge in [0.05, 0.1) is 35.8 Å². The lowest BCUT2D eigenvalue weighted by atomic mass is 10.1. The molecule has 176 valence electrons. The molecule has 0 spiro atoms. The van der Waals surface area contributed by atoms with Crippen LogP contribution in [0, 0.1) is 0 Å². The van der Waals surface area contributed by atoms with Gasteiger partial charge in [-0.3, -0.25) is 24.0 Å². The number of thioether (sulfide) groups is 1. The minimum absolute atomic E-state index is 0.0227. The summed E-state index contributed by atoms with van der Waals surface area (Å²) in [6.07, 6.45) is -1.63. The van der Waals surface area contributed by atoms with Crippen LogP contribution >= 0.6 is 11.8 Å². The average molecular weight is 491 g/mol. The molecule has 1 aliphatic heterocycles. The summed E-state index contributed by atoms with van der Waals surface area (Å²) in [5, 5.41) is 13.0. The topological polar surface area (TPSA) is 102 Å². The van der Waals surface area contributed by atoms with Crippen LogP contribution in [0.3, 0.4) is 0 Å². The van der Waals surface area contributed by atoms with Crippen LogP contribution in [0.4, 0.5) is 18.0 Å². The molecule has 1 N–H and O–H groups in total. The zero-order chi connectivity index (χ0) is 24.6. The third-order valence-electron chi connectivity index (χ3n) is 5.07. The second kappa shape index (κ2) is 8.86. The van der Waals surface area contributed by atoms with E-state index in [4.69, 9.17) is 9.84 Å². The van der Waals surface area contributed by atoms with Gasteiger partial charge >= 0.3 is 12.1 Å². The normalized spacial score (nSPS) is 15.5. The molecule has 0 atom stereocenters. The summed E-state index contributed by atoms with van der Waals surface area (Å²) in [7, 11) is 1.29. The van der Waals surface area contributed by atoms with Gasteiger partial charge in [-0.15, -0.1) is 0 Å². The number of aliphatic carboxylic acids is 1. The molecule has 8 nitrogen and oxygen atoms in total. The molecule has 0 aliphatic carbocycles. The number of fused-ring (bicyclic) bond motifs is 1. The van der Waals surface area contributed by atoms with E-state index in [-0.39, 0.29) is 22.8 Å². The fourth-order valence-corrected chi connectivity index (χ4v) is 4.33. The van der Waals surface area contributed by atoms with E-state index in [2.05, 4.69) is 5.10 Å². The number of carboxylic acid groups (broad SMARTS) is 1. The van der Waals surface area contributed by atoms with Gasteiger partial charge in [0.25, 0.3) is 11.1 Å². The number of methoxy groups -OCH3 is 1. The first kappa shape index (κ1) is 23.4. The Morgan fingerprint density at radius 2 is 1.97 bits per heavy atom. The fraction of sp³-hybridized carbons (Fsp3) is 0.182. The van der Waals surface area contributed by atoms with Gasteiger partial charge in [-0.1, -0.05) is 12.1 Å². The number of ether oxygens (including phenoxy) is 1. The van der Waals surface area contributed by atoms with Crippen LogP contribution in [0.2, 0.25) is 0 Å². The molecule has 0 radical (unpaired) electrons. The SMILES string of the molecule is COc1ccc(Cn2ncc3cc(C=C4SC(=O)N(CC(=O)O)C4=O)ccc32)c(C(F)(F)F)c1. The Bertz CT molecular complexity index is 1350. The summed E-state index contributed by atoms with van der Waals surface area (Å²) in [4.78, 5) is 35.8. The molecule has 0 unspecified atom stereocenters. The number of imide groups is 1. The highest BCUT2D eigenvalue weighted by molar-refractivity contribution is 8.18. The van der Waals surface area contributed by atoms with Gasteiger partial charge in [0, 0.05) is 5.39 Å². The third kappa shape index (κ3) is 4.62. The lowest BCUT2D eigenvalue weighted by Gasteiger charge is -2.14. The van der Waals surface area contributed by atoms with Gasteiger partial charge in [-0.2, -0.15) is 18.3 Å². The number of benzene rings is 2. The van der Waals surface area contributed by atoms with Gasteiger partial charge < -0.3 is 9.84 Å². The van der Waals surface area contributed by atoms with Crippen molar-refractivity contribution in [2.24, 2.45) is 0 Å². The van der Waals surface area contributed by atoms with E-state index < -0.39 is 35.4 Å². The summed E-state index contributed by atoms with van der Waals surface area (Å²) in [6.45, 7) is -0.852. The van der Waals surface area contributed by atoms with Crippen molar-refractivity contribution in [3.8, 4) is 5.75 Å².